The molecule has 0 aromatic rings. The Kier molecular flexibility index (Phi) is 3.36. The van der Waals surface area contributed by atoms with Crippen LogP contribution in [0.3, 0.4) is 0 Å². The average molecular weight is 291 g/mol. The highest BCUT2D eigenvalue weighted by Crippen LogP contribution is 2.45. The van der Waals surface area contributed by atoms with E-state index in [0.717, 1.165) is 12.8 Å². The summed E-state index contributed by atoms with van der Waals surface area (Å²) in [7, 11) is 0. The van der Waals surface area contributed by atoms with E-state index in [2.05, 4.69) is 5.32 Å². The van der Waals surface area contributed by atoms with Crippen LogP contribution in [-0.4, -0.2) is 34.8 Å². The highest BCUT2D eigenvalue weighted by atomic mass is 19.4. The van der Waals surface area contributed by atoms with Gasteiger partial charge in [-0.3, -0.25) is 4.79 Å². The van der Waals surface area contributed by atoms with Gasteiger partial charge in [-0.1, -0.05) is 0 Å². The molecule has 2 unspecified atom stereocenters. The summed E-state index contributed by atoms with van der Waals surface area (Å²) in [6.45, 7) is 0. The molecule has 3 rings (SSSR count). The summed E-state index contributed by atoms with van der Waals surface area (Å²) >= 11 is 0. The fraction of sp³-hybridized carbons (Fsp3) is 0.929. The van der Waals surface area contributed by atoms with Crippen molar-refractivity contribution in [2.45, 2.75) is 68.8 Å². The Hall–Kier alpha value is -0.620. The first-order valence-corrected chi connectivity index (χ1v) is 7.36. The molecule has 3 aliphatic rings. The number of carbonyl (C=O) groups excluding carboxylic acids is 1. The first-order chi connectivity index (χ1) is 9.28. The van der Waals surface area contributed by atoms with E-state index >= 15 is 0 Å². The minimum Gasteiger partial charge on any atom is -0.380 e. The van der Waals surface area contributed by atoms with Crippen LogP contribution in [0.2, 0.25) is 0 Å². The number of aliphatic hydroxyl groups is 1. The molecule has 0 amide bonds. The van der Waals surface area contributed by atoms with Crippen molar-refractivity contribution in [2.24, 2.45) is 11.8 Å². The van der Waals surface area contributed by atoms with Gasteiger partial charge in [0.05, 0.1) is 6.04 Å². The molecule has 1 saturated heterocycles. The molecule has 114 valence electrons. The van der Waals surface area contributed by atoms with Crippen molar-refractivity contribution < 1.29 is 23.1 Å². The number of alkyl halides is 3. The summed E-state index contributed by atoms with van der Waals surface area (Å²) in [5.41, 5.74) is -2.60. The van der Waals surface area contributed by atoms with Gasteiger partial charge in [-0.15, -0.1) is 0 Å². The maximum Gasteiger partial charge on any atom is 0.417 e. The number of nitrogens with one attached hydrogen (secondary N) is 1. The van der Waals surface area contributed by atoms with Gasteiger partial charge in [0.25, 0.3) is 0 Å². The standard InChI is InChI=1S/C14H20F3NO2/c15-14(16,17)13(20)3-1-2-8(7-13)4-12(19)11-6-9-5-10(9)18-11/h8-11,18,20H,1-7H2/t8?,9-,10-,11+,13?/m1/s1. The Balaban J connectivity index is 1.56. The van der Waals surface area contributed by atoms with Crippen LogP contribution >= 0.6 is 0 Å². The number of ketones is 1. The van der Waals surface area contributed by atoms with E-state index in [4.69, 9.17) is 0 Å². The maximum atomic E-state index is 12.8. The van der Waals surface area contributed by atoms with Crippen LogP contribution < -0.4 is 5.32 Å². The average Bonchev–Trinajstić information content (AvgIpc) is 2.95. The molecular formula is C14H20F3NO2. The van der Waals surface area contributed by atoms with Crippen LogP contribution in [-0.2, 0) is 4.79 Å². The highest BCUT2D eigenvalue weighted by molar-refractivity contribution is 5.84. The largest absolute Gasteiger partial charge is 0.417 e. The van der Waals surface area contributed by atoms with Crippen LogP contribution in [0.4, 0.5) is 13.2 Å². The molecule has 6 heteroatoms. The van der Waals surface area contributed by atoms with Crippen molar-refractivity contribution >= 4 is 5.78 Å². The van der Waals surface area contributed by atoms with Gasteiger partial charge in [0, 0.05) is 12.5 Å². The van der Waals surface area contributed by atoms with Gasteiger partial charge in [0.1, 0.15) is 5.78 Å². The van der Waals surface area contributed by atoms with Crippen molar-refractivity contribution in [1.29, 1.82) is 0 Å². The SMILES string of the molecule is O=C(CC1CCCC(O)(C(F)(F)F)C1)[C@@H]1C[C@H]2C[C@H]2N1. The van der Waals surface area contributed by atoms with E-state index in [1.165, 1.54) is 0 Å². The minimum absolute atomic E-state index is 0.0219. The third-order valence-corrected chi connectivity index (χ3v) is 5.11. The van der Waals surface area contributed by atoms with Crippen molar-refractivity contribution in [2.75, 3.05) is 0 Å². The molecule has 0 spiro atoms. The molecular weight excluding hydrogens is 271 g/mol. The normalized spacial score (nSPS) is 44.2. The molecule has 5 atom stereocenters. The highest BCUT2D eigenvalue weighted by Gasteiger charge is 2.55. The molecule has 2 saturated carbocycles. The molecule has 3 nitrogen and oxygen atoms in total. The number of piperidine rings is 1. The van der Waals surface area contributed by atoms with E-state index in [1.54, 1.807) is 0 Å². The van der Waals surface area contributed by atoms with Crippen LogP contribution in [0.25, 0.3) is 0 Å². The van der Waals surface area contributed by atoms with Gasteiger partial charge in [-0.25, -0.2) is 0 Å². The van der Waals surface area contributed by atoms with Crippen molar-refractivity contribution in [1.82, 2.24) is 5.32 Å². The lowest BCUT2D eigenvalue weighted by molar-refractivity contribution is -0.274. The van der Waals surface area contributed by atoms with Crippen molar-refractivity contribution in [3.63, 3.8) is 0 Å². The van der Waals surface area contributed by atoms with Gasteiger partial charge in [-0.05, 0) is 50.4 Å². The number of carbonyl (C=O) groups is 1. The Morgan fingerprint density at radius 2 is 2.10 bits per heavy atom. The summed E-state index contributed by atoms with van der Waals surface area (Å²) in [6, 6.07) is 0.294. The second-order valence-electron chi connectivity index (χ2n) is 6.72. The first kappa shape index (κ1) is 14.3. The molecule has 2 aliphatic carbocycles. The summed E-state index contributed by atoms with van der Waals surface area (Å²) in [5, 5.41) is 13.0. The quantitative estimate of drug-likeness (QED) is 0.838. The van der Waals surface area contributed by atoms with Gasteiger partial charge >= 0.3 is 6.18 Å². The lowest BCUT2D eigenvalue weighted by Crippen LogP contribution is -2.49. The molecule has 20 heavy (non-hydrogen) atoms. The zero-order valence-electron chi connectivity index (χ0n) is 11.2. The van der Waals surface area contributed by atoms with Gasteiger partial charge in [-0.2, -0.15) is 13.2 Å². The van der Waals surface area contributed by atoms with Crippen molar-refractivity contribution in [3.05, 3.63) is 0 Å². The third kappa shape index (κ3) is 2.60. The first-order valence-electron chi connectivity index (χ1n) is 7.36. The maximum absolute atomic E-state index is 12.8. The second-order valence-corrected chi connectivity index (χ2v) is 6.72. The van der Waals surface area contributed by atoms with Crippen LogP contribution in [0, 0.1) is 11.8 Å². The van der Waals surface area contributed by atoms with Crippen LogP contribution in [0.15, 0.2) is 0 Å². The lowest BCUT2D eigenvalue weighted by atomic mass is 9.75. The molecule has 0 aromatic heterocycles. The van der Waals surface area contributed by atoms with E-state index in [9.17, 15) is 23.1 Å². The van der Waals surface area contributed by atoms with Gasteiger partial charge < -0.3 is 10.4 Å². The van der Waals surface area contributed by atoms with Gasteiger partial charge in [0.15, 0.2) is 5.60 Å². The summed E-state index contributed by atoms with van der Waals surface area (Å²) < 4.78 is 38.5. The summed E-state index contributed by atoms with van der Waals surface area (Å²) in [4.78, 5) is 12.1. The topological polar surface area (TPSA) is 49.3 Å². The summed E-state index contributed by atoms with van der Waals surface area (Å²) in [6.07, 6.45) is -2.12. The van der Waals surface area contributed by atoms with Crippen LogP contribution in [0.5, 0.6) is 0 Å². The number of halogens is 3. The molecule has 0 aromatic carbocycles. The fourth-order valence-electron chi connectivity index (χ4n) is 3.79. The molecule has 3 fully saturated rings. The van der Waals surface area contributed by atoms with E-state index in [0.29, 0.717) is 24.8 Å². The minimum atomic E-state index is -4.60. The Labute approximate surface area is 115 Å². The molecule has 0 bridgehead atoms. The van der Waals surface area contributed by atoms with E-state index in [-0.39, 0.29) is 37.0 Å². The predicted octanol–water partition coefficient (Wildman–Crippen LogP) is 2.18. The molecule has 0 radical (unpaired) electrons. The molecule has 1 aliphatic heterocycles. The van der Waals surface area contributed by atoms with Crippen molar-refractivity contribution in [3.8, 4) is 0 Å². The zero-order chi connectivity index (χ0) is 14.5. The Bertz CT molecular complexity index is 402. The Morgan fingerprint density at radius 1 is 1.35 bits per heavy atom. The number of Topliss-reactive ketones (excluding diaryl/α,β-unsaturated/α-hetero) is 1. The number of rotatable bonds is 3. The smallest absolute Gasteiger partial charge is 0.380 e. The monoisotopic (exact) mass is 291 g/mol. The Morgan fingerprint density at radius 3 is 2.70 bits per heavy atom. The lowest BCUT2D eigenvalue weighted by Gasteiger charge is -2.38. The third-order valence-electron chi connectivity index (χ3n) is 5.11. The zero-order valence-corrected chi connectivity index (χ0v) is 11.2. The van der Waals surface area contributed by atoms with Gasteiger partial charge in [0.2, 0.25) is 0 Å². The number of fused-ring (bicyclic) bond motifs is 1. The summed E-state index contributed by atoms with van der Waals surface area (Å²) in [5.74, 6) is 0.276. The fourth-order valence-corrected chi connectivity index (χ4v) is 3.79. The molecule has 1 heterocycles. The number of hydrogen-bond donors (Lipinski definition) is 2. The van der Waals surface area contributed by atoms with E-state index < -0.39 is 11.8 Å². The molecule has 2 N–H and O–H groups in total. The second kappa shape index (κ2) is 4.70. The predicted molar refractivity (Wildman–Crippen MR) is 66.0 cm³/mol. The van der Waals surface area contributed by atoms with E-state index in [1.807, 2.05) is 0 Å². The number of hydrogen-bond acceptors (Lipinski definition) is 3. The van der Waals surface area contributed by atoms with Crippen LogP contribution in [0.1, 0.15) is 44.9 Å².